The molecule has 152 valence electrons. The molecule has 4 rings (SSSR count). The van der Waals surface area contributed by atoms with Crippen LogP contribution in [-0.4, -0.2) is 56.3 Å². The predicted molar refractivity (Wildman–Crippen MR) is 107 cm³/mol. The van der Waals surface area contributed by atoms with Gasteiger partial charge in [0.15, 0.2) is 0 Å². The number of rotatable bonds is 3. The van der Waals surface area contributed by atoms with Crippen LogP contribution in [0, 0.1) is 12.3 Å². The molecule has 1 aromatic heterocycles. The van der Waals surface area contributed by atoms with E-state index in [-0.39, 0.29) is 23.0 Å². The highest BCUT2D eigenvalue weighted by Gasteiger charge is 2.42. The number of amides is 2. The van der Waals surface area contributed by atoms with E-state index in [4.69, 9.17) is 0 Å². The second-order valence-electron chi connectivity index (χ2n) is 8.28. The van der Waals surface area contributed by atoms with Crippen molar-refractivity contribution >= 4 is 11.8 Å². The number of nitrogens with zero attached hydrogens (tertiary/aromatic N) is 4. The summed E-state index contributed by atoms with van der Waals surface area (Å²) in [4.78, 5) is 37.9. The second kappa shape index (κ2) is 7.81. The fraction of sp³-hybridized carbons (Fsp3) is 0.455. The number of hydrogen-bond donors (Lipinski definition) is 1. The van der Waals surface area contributed by atoms with Gasteiger partial charge in [0.2, 0.25) is 5.91 Å². The van der Waals surface area contributed by atoms with Gasteiger partial charge in [-0.25, -0.2) is 0 Å². The van der Waals surface area contributed by atoms with Crippen LogP contribution >= 0.6 is 0 Å². The molecule has 0 unspecified atom stereocenters. The smallest absolute Gasteiger partial charge is 0.253 e. The van der Waals surface area contributed by atoms with Crippen LogP contribution in [0.3, 0.4) is 0 Å². The minimum Gasteiger partial charge on any atom is -0.508 e. The normalized spacial score (nSPS) is 22.2. The summed E-state index contributed by atoms with van der Waals surface area (Å²) in [6.07, 6.45) is 6.69. The number of likely N-dealkylation sites (tertiary alicyclic amines) is 2. The van der Waals surface area contributed by atoms with Crippen molar-refractivity contribution in [2.75, 3.05) is 19.6 Å². The molecule has 3 heterocycles. The SMILES string of the molecule is Cc1cnc(CN2C[C@]3(CCCN(C(=O)c4ccc(O)cc4)C3)CCC2=O)cn1. The van der Waals surface area contributed by atoms with Crippen LogP contribution < -0.4 is 0 Å². The van der Waals surface area contributed by atoms with Crippen molar-refractivity contribution in [3.8, 4) is 5.75 Å². The van der Waals surface area contributed by atoms with E-state index in [1.807, 2.05) is 16.7 Å². The first-order chi connectivity index (χ1) is 13.9. The zero-order chi connectivity index (χ0) is 20.4. The van der Waals surface area contributed by atoms with Crippen LogP contribution in [0.15, 0.2) is 36.7 Å². The van der Waals surface area contributed by atoms with E-state index >= 15 is 0 Å². The minimum absolute atomic E-state index is 0.0167. The molecule has 2 fully saturated rings. The Hall–Kier alpha value is -2.96. The summed E-state index contributed by atoms with van der Waals surface area (Å²) in [6.45, 7) is 4.36. The van der Waals surface area contributed by atoms with E-state index in [2.05, 4.69) is 9.97 Å². The monoisotopic (exact) mass is 394 g/mol. The number of benzene rings is 1. The number of aromatic nitrogens is 2. The highest BCUT2D eigenvalue weighted by molar-refractivity contribution is 5.94. The zero-order valence-corrected chi connectivity index (χ0v) is 16.7. The first-order valence-corrected chi connectivity index (χ1v) is 10.1. The average Bonchev–Trinajstić information content (AvgIpc) is 2.73. The molecule has 2 aliphatic rings. The fourth-order valence-electron chi connectivity index (χ4n) is 4.44. The third kappa shape index (κ3) is 4.23. The Labute approximate surface area is 170 Å². The van der Waals surface area contributed by atoms with E-state index < -0.39 is 0 Å². The third-order valence-electron chi connectivity index (χ3n) is 6.00. The third-order valence-corrected chi connectivity index (χ3v) is 6.00. The molecule has 29 heavy (non-hydrogen) atoms. The van der Waals surface area contributed by atoms with Crippen LogP contribution in [0.4, 0.5) is 0 Å². The van der Waals surface area contributed by atoms with Crippen molar-refractivity contribution in [2.24, 2.45) is 5.41 Å². The van der Waals surface area contributed by atoms with Gasteiger partial charge >= 0.3 is 0 Å². The molecule has 2 saturated heterocycles. The Morgan fingerprint density at radius 2 is 1.93 bits per heavy atom. The molecule has 7 heteroatoms. The van der Waals surface area contributed by atoms with Crippen LogP contribution in [-0.2, 0) is 11.3 Å². The largest absolute Gasteiger partial charge is 0.508 e. The van der Waals surface area contributed by atoms with Crippen LogP contribution in [0.5, 0.6) is 5.75 Å². The summed E-state index contributed by atoms with van der Waals surface area (Å²) in [5.74, 6) is 0.272. The summed E-state index contributed by atoms with van der Waals surface area (Å²) in [6, 6.07) is 6.39. The van der Waals surface area contributed by atoms with Gasteiger partial charge in [-0.1, -0.05) is 0 Å². The number of carbonyl (C=O) groups excluding carboxylic acids is 2. The molecule has 2 aliphatic heterocycles. The summed E-state index contributed by atoms with van der Waals surface area (Å²) in [7, 11) is 0. The number of phenolic OH excluding ortho intramolecular Hbond substituents is 1. The van der Waals surface area contributed by atoms with Crippen molar-refractivity contribution in [3.63, 3.8) is 0 Å². The van der Waals surface area contributed by atoms with Gasteiger partial charge in [0.25, 0.3) is 5.91 Å². The lowest BCUT2D eigenvalue weighted by molar-refractivity contribution is -0.139. The standard InChI is InChI=1S/C22H26N4O3/c1-16-11-24-18(12-23-16)13-26-15-22(9-7-20(26)28)8-2-10-25(14-22)21(29)17-3-5-19(27)6-4-17/h3-6,11-12,27H,2,7-10,13-15H2,1H3/t22-/m1/s1. The van der Waals surface area contributed by atoms with Crippen molar-refractivity contribution in [1.29, 1.82) is 0 Å². The topological polar surface area (TPSA) is 86.6 Å². The summed E-state index contributed by atoms with van der Waals surface area (Å²) in [5.41, 5.74) is 2.15. The highest BCUT2D eigenvalue weighted by atomic mass is 16.3. The Bertz CT molecular complexity index is 891. The second-order valence-corrected chi connectivity index (χ2v) is 8.28. The van der Waals surface area contributed by atoms with E-state index in [9.17, 15) is 14.7 Å². The van der Waals surface area contributed by atoms with Gasteiger partial charge in [-0.2, -0.15) is 0 Å². The molecule has 2 amide bonds. The van der Waals surface area contributed by atoms with Crippen molar-refractivity contribution in [2.45, 2.75) is 39.2 Å². The van der Waals surface area contributed by atoms with Crippen LogP contribution in [0.25, 0.3) is 0 Å². The summed E-state index contributed by atoms with van der Waals surface area (Å²) < 4.78 is 0. The molecule has 0 bridgehead atoms. The summed E-state index contributed by atoms with van der Waals surface area (Å²) in [5, 5.41) is 9.47. The quantitative estimate of drug-likeness (QED) is 0.865. The first kappa shape index (κ1) is 19.4. The molecule has 7 nitrogen and oxygen atoms in total. The van der Waals surface area contributed by atoms with Gasteiger partial charge in [-0.3, -0.25) is 19.6 Å². The molecule has 0 aliphatic carbocycles. The molecule has 1 atom stereocenters. The zero-order valence-electron chi connectivity index (χ0n) is 16.7. The van der Waals surface area contributed by atoms with Crippen molar-refractivity contribution in [1.82, 2.24) is 19.8 Å². The number of aromatic hydroxyl groups is 1. The van der Waals surface area contributed by atoms with Gasteiger partial charge in [0.1, 0.15) is 5.75 Å². The van der Waals surface area contributed by atoms with E-state index in [1.54, 1.807) is 24.5 Å². The molecule has 1 N–H and O–H groups in total. The Balaban J connectivity index is 1.47. The molecule has 0 radical (unpaired) electrons. The minimum atomic E-state index is -0.0726. The maximum Gasteiger partial charge on any atom is 0.253 e. The first-order valence-electron chi connectivity index (χ1n) is 10.1. The molecule has 1 aromatic carbocycles. The lowest BCUT2D eigenvalue weighted by atomic mass is 9.73. The van der Waals surface area contributed by atoms with Crippen LogP contribution in [0.1, 0.15) is 47.4 Å². The number of aryl methyl sites for hydroxylation is 1. The van der Waals surface area contributed by atoms with E-state index in [1.165, 1.54) is 12.1 Å². The average molecular weight is 394 g/mol. The van der Waals surface area contributed by atoms with Crippen molar-refractivity contribution in [3.05, 3.63) is 53.6 Å². The molecule has 1 spiro atoms. The van der Waals surface area contributed by atoms with Gasteiger partial charge in [0, 0.05) is 43.2 Å². The maximum atomic E-state index is 13.0. The molecule has 2 aromatic rings. The number of piperidine rings is 2. The van der Waals surface area contributed by atoms with Gasteiger partial charge < -0.3 is 14.9 Å². The molecular weight excluding hydrogens is 368 g/mol. The van der Waals surface area contributed by atoms with Crippen molar-refractivity contribution < 1.29 is 14.7 Å². The lowest BCUT2D eigenvalue weighted by Gasteiger charge is -2.48. The molecule has 0 saturated carbocycles. The Morgan fingerprint density at radius 3 is 2.66 bits per heavy atom. The lowest BCUT2D eigenvalue weighted by Crippen LogP contribution is -2.54. The number of phenols is 1. The van der Waals surface area contributed by atoms with Gasteiger partial charge in [-0.15, -0.1) is 0 Å². The molecular formula is C22H26N4O3. The van der Waals surface area contributed by atoms with E-state index in [0.29, 0.717) is 31.6 Å². The van der Waals surface area contributed by atoms with Gasteiger partial charge in [-0.05, 0) is 50.5 Å². The van der Waals surface area contributed by atoms with Gasteiger partial charge in [0.05, 0.1) is 24.1 Å². The van der Waals surface area contributed by atoms with Crippen LogP contribution in [0.2, 0.25) is 0 Å². The fourth-order valence-corrected chi connectivity index (χ4v) is 4.44. The Kier molecular flexibility index (Phi) is 5.22. The highest BCUT2D eigenvalue weighted by Crippen LogP contribution is 2.39. The predicted octanol–water partition coefficient (Wildman–Crippen LogP) is 2.54. The Morgan fingerprint density at radius 1 is 1.14 bits per heavy atom. The number of carbonyl (C=O) groups is 2. The van der Waals surface area contributed by atoms with E-state index in [0.717, 1.165) is 37.2 Å². The maximum absolute atomic E-state index is 13.0. The summed E-state index contributed by atoms with van der Waals surface area (Å²) >= 11 is 0. The number of hydrogen-bond acceptors (Lipinski definition) is 5.